The number of methoxy groups -OCH3 is 1. The number of aliphatic hydroxyl groups excluding tert-OH is 5. The van der Waals surface area contributed by atoms with E-state index in [0.717, 1.165) is 6.42 Å². The molecule has 0 aromatic rings. The van der Waals surface area contributed by atoms with Gasteiger partial charge >= 0.3 is 0 Å². The van der Waals surface area contributed by atoms with Crippen molar-refractivity contribution >= 4 is 17.5 Å². The zero-order valence-corrected chi connectivity index (χ0v) is 28.6. The zero-order chi connectivity index (χ0) is 35.8. The molecule has 0 radical (unpaired) electrons. The molecule has 49 heavy (non-hydrogen) atoms. The third-order valence-electron chi connectivity index (χ3n) is 12.4. The Bertz CT molecular complexity index is 1190. The number of nitrogens with two attached hydrogens (primary N) is 2. The summed E-state index contributed by atoms with van der Waals surface area (Å²) in [5.41, 5.74) is 9.85. The van der Waals surface area contributed by atoms with Crippen molar-refractivity contribution in [2.24, 2.45) is 63.8 Å². The van der Waals surface area contributed by atoms with Crippen LogP contribution >= 0.6 is 0 Å². The summed E-state index contributed by atoms with van der Waals surface area (Å²) in [6.07, 6.45) is -7.25. The van der Waals surface area contributed by atoms with Crippen LogP contribution in [0.5, 0.6) is 0 Å². The van der Waals surface area contributed by atoms with Crippen molar-refractivity contribution in [1.29, 1.82) is 0 Å². The van der Waals surface area contributed by atoms with Crippen LogP contribution in [0.1, 0.15) is 45.4 Å². The SMILES string of the molecule is CN=C(N)NCC1C(C)CC2C(=O)C3C(CO)C(OC)CC(O[C@H]4O[C@H](CO)[C@](O)(CCC5CCNC(N)C5)[C@H](O)[C@H]4O)C3C(=O)C2C1O. The summed E-state index contributed by atoms with van der Waals surface area (Å²) >= 11 is 0. The number of aliphatic hydroxyl groups is 6. The molecule has 5 aliphatic rings. The second-order valence-corrected chi connectivity index (χ2v) is 15.0. The summed E-state index contributed by atoms with van der Waals surface area (Å²) in [5.74, 6) is -5.53. The molecular formula is C33H57N5O11. The van der Waals surface area contributed by atoms with Gasteiger partial charge in [-0.2, -0.15) is 0 Å². The highest BCUT2D eigenvalue weighted by atomic mass is 16.7. The van der Waals surface area contributed by atoms with Crippen LogP contribution in [-0.4, -0.2) is 143 Å². The third kappa shape index (κ3) is 7.29. The molecule has 0 bridgehead atoms. The molecule has 0 aromatic heterocycles. The van der Waals surface area contributed by atoms with E-state index in [1.54, 1.807) is 0 Å². The standard InChI is InChI=1S/C33H57N5O11/c1-14-8-16-24(27(42)17(14)11-38-32(35)36-2)28(43)25-20(10-19(47-3)18(12-39)23(25)26(16)41)48-31-29(44)30(45)33(46,21(13-40)49-31)6-4-15-5-7-37-22(34)9-15/h14-25,27,29-31,37,39-40,42,44-46H,4-13,34H2,1-3H3,(H3,35,36,38)/t14?,15?,16?,17?,18?,19?,20?,21-,22?,23?,24?,25?,27?,29-,30-,31+,33-/m1/s1. The van der Waals surface area contributed by atoms with E-state index in [4.69, 9.17) is 25.7 Å². The molecule has 16 heteroatoms. The zero-order valence-electron chi connectivity index (χ0n) is 28.6. The van der Waals surface area contributed by atoms with Gasteiger partial charge in [-0.3, -0.25) is 14.6 Å². The Morgan fingerprint density at radius 1 is 1.04 bits per heavy atom. The Labute approximate surface area is 286 Å². The normalized spacial score (nSPS) is 47.8. The molecule has 5 rings (SSSR count). The topological polar surface area (TPSA) is 272 Å². The second kappa shape index (κ2) is 15.8. The van der Waals surface area contributed by atoms with Crippen molar-refractivity contribution in [3.8, 4) is 0 Å². The number of hydrogen-bond acceptors (Lipinski definition) is 14. The lowest BCUT2D eigenvalue weighted by Gasteiger charge is -2.55. The minimum Gasteiger partial charge on any atom is -0.396 e. The smallest absolute Gasteiger partial charge is 0.188 e. The van der Waals surface area contributed by atoms with Crippen LogP contribution in [0.2, 0.25) is 0 Å². The van der Waals surface area contributed by atoms with Crippen LogP contribution in [0.4, 0.5) is 0 Å². The van der Waals surface area contributed by atoms with Gasteiger partial charge in [0.1, 0.15) is 35.5 Å². The minimum absolute atomic E-state index is 0.0246. The fourth-order valence-electron chi connectivity index (χ4n) is 9.51. The molecule has 12 N–H and O–H groups in total. The van der Waals surface area contributed by atoms with Gasteiger partial charge in [0.05, 0.1) is 42.9 Å². The number of rotatable bonds is 10. The predicted molar refractivity (Wildman–Crippen MR) is 174 cm³/mol. The van der Waals surface area contributed by atoms with E-state index in [2.05, 4.69) is 15.6 Å². The van der Waals surface area contributed by atoms with Crippen molar-refractivity contribution in [3.63, 3.8) is 0 Å². The first-order valence-corrected chi connectivity index (χ1v) is 17.7. The molecule has 16 nitrogen and oxygen atoms in total. The Morgan fingerprint density at radius 3 is 2.41 bits per heavy atom. The molecule has 2 heterocycles. The van der Waals surface area contributed by atoms with Crippen molar-refractivity contribution in [2.45, 2.75) is 100 Å². The summed E-state index contributed by atoms with van der Waals surface area (Å²) in [7, 11) is 2.96. The van der Waals surface area contributed by atoms with E-state index in [0.29, 0.717) is 25.8 Å². The van der Waals surface area contributed by atoms with E-state index in [-0.39, 0.29) is 49.1 Å². The Kier molecular flexibility index (Phi) is 12.4. The minimum atomic E-state index is -2.00. The van der Waals surface area contributed by atoms with Crippen LogP contribution in [-0.2, 0) is 23.8 Å². The largest absolute Gasteiger partial charge is 0.396 e. The number of guanidine groups is 1. The first kappa shape index (κ1) is 38.4. The summed E-state index contributed by atoms with van der Waals surface area (Å²) in [6.45, 7) is 1.75. The number of nitrogens with zero attached hydrogens (tertiary/aromatic N) is 1. The molecule has 0 amide bonds. The molecule has 280 valence electrons. The van der Waals surface area contributed by atoms with Crippen LogP contribution in [0.15, 0.2) is 4.99 Å². The Hall–Kier alpha value is -1.83. The number of aliphatic imine (C=N–C) groups is 1. The number of carbonyl (C=O) groups is 2. The fraction of sp³-hybridized carbons (Fsp3) is 0.909. The summed E-state index contributed by atoms with van der Waals surface area (Å²) in [6, 6.07) is 0. The van der Waals surface area contributed by atoms with Crippen molar-refractivity contribution < 1.29 is 54.4 Å². The maximum Gasteiger partial charge on any atom is 0.188 e. The van der Waals surface area contributed by atoms with E-state index in [9.17, 15) is 40.2 Å². The van der Waals surface area contributed by atoms with Gasteiger partial charge in [-0.25, -0.2) is 0 Å². The molecule has 3 saturated carbocycles. The van der Waals surface area contributed by atoms with Crippen LogP contribution in [0.25, 0.3) is 0 Å². The first-order chi connectivity index (χ1) is 23.3. The van der Waals surface area contributed by atoms with Gasteiger partial charge in [0.15, 0.2) is 12.2 Å². The van der Waals surface area contributed by atoms with Crippen LogP contribution < -0.4 is 22.1 Å². The summed E-state index contributed by atoms with van der Waals surface area (Å²) in [5, 5.41) is 72.7. The molecule has 17 atom stereocenters. The number of nitrogens with one attached hydrogen (secondary N) is 2. The highest BCUT2D eigenvalue weighted by molar-refractivity contribution is 6.01. The van der Waals surface area contributed by atoms with Gasteiger partial charge in [-0.15, -0.1) is 0 Å². The summed E-state index contributed by atoms with van der Waals surface area (Å²) in [4.78, 5) is 32.7. The predicted octanol–water partition coefficient (Wildman–Crippen LogP) is -3.20. The molecule has 2 aliphatic heterocycles. The number of ether oxygens (including phenoxy) is 3. The first-order valence-electron chi connectivity index (χ1n) is 17.7. The number of ketones is 2. The molecular weight excluding hydrogens is 642 g/mol. The van der Waals surface area contributed by atoms with Gasteiger partial charge in [0.25, 0.3) is 0 Å². The quantitative estimate of drug-likeness (QED) is 0.0795. The molecule has 3 aliphatic carbocycles. The Balaban J connectivity index is 1.38. The van der Waals surface area contributed by atoms with E-state index in [1.807, 2.05) is 6.92 Å². The van der Waals surface area contributed by atoms with E-state index < -0.39 is 103 Å². The summed E-state index contributed by atoms with van der Waals surface area (Å²) < 4.78 is 17.9. The number of piperidine rings is 1. The molecule has 0 spiro atoms. The monoisotopic (exact) mass is 699 g/mol. The lowest BCUT2D eigenvalue weighted by molar-refractivity contribution is -0.347. The van der Waals surface area contributed by atoms with Crippen molar-refractivity contribution in [2.75, 3.05) is 40.5 Å². The van der Waals surface area contributed by atoms with E-state index in [1.165, 1.54) is 14.2 Å². The average Bonchev–Trinajstić information content (AvgIpc) is 3.08. The van der Waals surface area contributed by atoms with Crippen molar-refractivity contribution in [1.82, 2.24) is 10.6 Å². The van der Waals surface area contributed by atoms with Gasteiger partial charge in [0, 0.05) is 57.4 Å². The number of Topliss-reactive ketones (excluding diaryl/α,β-unsaturated/α-hetero) is 2. The van der Waals surface area contributed by atoms with Crippen molar-refractivity contribution in [3.05, 3.63) is 0 Å². The molecule has 12 unspecified atom stereocenters. The van der Waals surface area contributed by atoms with Crippen LogP contribution in [0, 0.1) is 47.3 Å². The lowest BCUT2D eigenvalue weighted by atomic mass is 9.51. The molecule has 5 fully saturated rings. The third-order valence-corrected chi connectivity index (χ3v) is 12.4. The maximum absolute atomic E-state index is 14.5. The van der Waals surface area contributed by atoms with Gasteiger partial charge in [0.2, 0.25) is 0 Å². The van der Waals surface area contributed by atoms with Gasteiger partial charge in [-0.1, -0.05) is 6.92 Å². The fourth-order valence-corrected chi connectivity index (χ4v) is 9.51. The van der Waals surface area contributed by atoms with E-state index >= 15 is 0 Å². The maximum atomic E-state index is 14.5. The Morgan fingerprint density at radius 2 is 1.78 bits per heavy atom. The second-order valence-electron chi connectivity index (χ2n) is 15.0. The lowest BCUT2D eigenvalue weighted by Crippen LogP contribution is -2.69. The van der Waals surface area contributed by atoms with Gasteiger partial charge < -0.3 is 67.0 Å². The molecule has 0 aromatic carbocycles. The van der Waals surface area contributed by atoms with Crippen LogP contribution in [0.3, 0.4) is 0 Å². The number of carbonyl (C=O) groups excluding carboxylic acids is 2. The molecule has 2 saturated heterocycles. The van der Waals surface area contributed by atoms with Gasteiger partial charge in [-0.05, 0) is 50.5 Å². The number of fused-ring (bicyclic) bond motifs is 2. The average molecular weight is 700 g/mol. The number of hydrogen-bond donors (Lipinski definition) is 10. The highest BCUT2D eigenvalue weighted by Gasteiger charge is 2.63. The highest BCUT2D eigenvalue weighted by Crippen LogP contribution is 2.52.